The SMILES string of the molecule is NS(=O)(=O)c1cc2c(cc1Cl)NC(c1cccc(Oc3ccc(Cl)cc3)c1)NS2(=O)=O. The highest BCUT2D eigenvalue weighted by atomic mass is 35.5. The van der Waals surface area contributed by atoms with Gasteiger partial charge in [0.15, 0.2) is 0 Å². The molecule has 0 radical (unpaired) electrons. The van der Waals surface area contributed by atoms with Gasteiger partial charge >= 0.3 is 0 Å². The van der Waals surface area contributed by atoms with Gasteiger partial charge in [0.05, 0.1) is 10.7 Å². The molecular formula is C19H15Cl2N3O5S2. The van der Waals surface area contributed by atoms with E-state index in [4.69, 9.17) is 33.1 Å². The molecule has 3 aromatic carbocycles. The Morgan fingerprint density at radius 2 is 1.68 bits per heavy atom. The molecule has 0 spiro atoms. The highest BCUT2D eigenvalue weighted by Crippen LogP contribution is 2.37. The molecule has 0 aromatic heterocycles. The van der Waals surface area contributed by atoms with Gasteiger partial charge in [-0.3, -0.25) is 0 Å². The molecule has 31 heavy (non-hydrogen) atoms. The van der Waals surface area contributed by atoms with E-state index in [2.05, 4.69) is 10.0 Å². The third-order valence-electron chi connectivity index (χ3n) is 4.44. The quantitative estimate of drug-likeness (QED) is 0.500. The molecule has 3 aromatic rings. The van der Waals surface area contributed by atoms with Crippen LogP contribution in [0.25, 0.3) is 0 Å². The van der Waals surface area contributed by atoms with E-state index in [9.17, 15) is 16.8 Å². The lowest BCUT2D eigenvalue weighted by atomic mass is 10.1. The zero-order valence-electron chi connectivity index (χ0n) is 15.5. The number of fused-ring (bicyclic) bond motifs is 1. The first-order valence-electron chi connectivity index (χ1n) is 8.71. The molecule has 1 atom stereocenters. The van der Waals surface area contributed by atoms with Gasteiger partial charge in [0, 0.05) is 5.02 Å². The number of sulfonamides is 2. The number of rotatable bonds is 4. The van der Waals surface area contributed by atoms with E-state index < -0.39 is 31.1 Å². The second-order valence-electron chi connectivity index (χ2n) is 6.65. The van der Waals surface area contributed by atoms with Crippen molar-refractivity contribution in [1.29, 1.82) is 0 Å². The van der Waals surface area contributed by atoms with Crippen LogP contribution in [0.5, 0.6) is 11.5 Å². The lowest BCUT2D eigenvalue weighted by Crippen LogP contribution is -2.38. The fraction of sp³-hybridized carbons (Fsp3) is 0.0526. The van der Waals surface area contributed by atoms with E-state index in [1.165, 1.54) is 6.07 Å². The standard InChI is InChI=1S/C19H15Cl2N3O5S2/c20-12-4-6-13(7-5-12)29-14-3-1-2-11(8-14)19-23-16-9-15(21)17(30(22,25)26)10-18(16)31(27,28)24-19/h1-10,19,23-24H,(H2,22,25,26). The van der Waals surface area contributed by atoms with Crippen LogP contribution in [-0.2, 0) is 20.0 Å². The zero-order valence-corrected chi connectivity index (χ0v) is 18.7. The van der Waals surface area contributed by atoms with Gasteiger partial charge in [0.1, 0.15) is 27.5 Å². The summed E-state index contributed by atoms with van der Waals surface area (Å²) in [6.07, 6.45) is -0.845. The summed E-state index contributed by atoms with van der Waals surface area (Å²) in [4.78, 5) is -0.748. The molecule has 0 saturated carbocycles. The lowest BCUT2D eigenvalue weighted by molar-refractivity contribution is 0.481. The van der Waals surface area contributed by atoms with Gasteiger partial charge in [0.25, 0.3) is 0 Å². The molecule has 0 aliphatic carbocycles. The van der Waals surface area contributed by atoms with Crippen molar-refractivity contribution in [3.05, 3.63) is 76.3 Å². The van der Waals surface area contributed by atoms with E-state index in [0.29, 0.717) is 22.1 Å². The number of halogens is 2. The highest BCUT2D eigenvalue weighted by molar-refractivity contribution is 7.90. The number of ether oxygens (including phenoxy) is 1. The second kappa shape index (κ2) is 7.97. The first kappa shape index (κ1) is 21.9. The fourth-order valence-electron chi connectivity index (χ4n) is 3.04. The van der Waals surface area contributed by atoms with Crippen LogP contribution in [0, 0.1) is 0 Å². The molecule has 0 bridgehead atoms. The maximum atomic E-state index is 12.8. The van der Waals surface area contributed by atoms with Gasteiger partial charge in [-0.25, -0.2) is 22.0 Å². The Morgan fingerprint density at radius 3 is 2.35 bits per heavy atom. The molecule has 8 nitrogen and oxygen atoms in total. The molecule has 0 fully saturated rings. The summed E-state index contributed by atoms with van der Waals surface area (Å²) in [6, 6.07) is 15.7. The minimum absolute atomic E-state index is 0.144. The van der Waals surface area contributed by atoms with Gasteiger partial charge in [-0.15, -0.1) is 0 Å². The number of nitrogens with two attached hydrogens (primary N) is 1. The third kappa shape index (κ3) is 4.64. The van der Waals surface area contributed by atoms with Crippen molar-refractivity contribution in [2.75, 3.05) is 5.32 Å². The summed E-state index contributed by atoms with van der Waals surface area (Å²) in [5.41, 5.74) is 0.706. The molecule has 162 valence electrons. The minimum atomic E-state index is -4.20. The smallest absolute Gasteiger partial charge is 0.244 e. The van der Waals surface area contributed by atoms with Crippen molar-refractivity contribution in [3.63, 3.8) is 0 Å². The average molecular weight is 500 g/mol. The lowest BCUT2D eigenvalue weighted by Gasteiger charge is -2.29. The van der Waals surface area contributed by atoms with Crippen LogP contribution in [0.2, 0.25) is 10.0 Å². The van der Waals surface area contributed by atoms with Crippen molar-refractivity contribution >= 4 is 48.9 Å². The number of benzene rings is 3. The number of nitrogens with one attached hydrogen (secondary N) is 2. The summed E-state index contributed by atoms with van der Waals surface area (Å²) >= 11 is 11.9. The van der Waals surface area contributed by atoms with E-state index in [1.807, 2.05) is 0 Å². The Labute approximate surface area is 189 Å². The van der Waals surface area contributed by atoms with Gasteiger partial charge < -0.3 is 10.1 Å². The molecule has 1 aliphatic heterocycles. The maximum Gasteiger partial charge on any atom is 0.244 e. The average Bonchev–Trinajstić information content (AvgIpc) is 2.68. The normalized spacial score (nSPS) is 17.5. The third-order valence-corrected chi connectivity index (χ3v) is 7.53. The molecular weight excluding hydrogens is 485 g/mol. The largest absolute Gasteiger partial charge is 0.457 e. The van der Waals surface area contributed by atoms with Gasteiger partial charge in [0.2, 0.25) is 20.0 Å². The predicted octanol–water partition coefficient (Wildman–Crippen LogP) is 3.84. The summed E-state index contributed by atoms with van der Waals surface area (Å²) in [6.45, 7) is 0. The topological polar surface area (TPSA) is 128 Å². The monoisotopic (exact) mass is 499 g/mol. The Hall–Kier alpha value is -2.34. The van der Waals surface area contributed by atoms with Gasteiger partial charge in [-0.05, 0) is 54.1 Å². The van der Waals surface area contributed by atoms with Gasteiger partial charge in [-0.1, -0.05) is 35.3 Å². The van der Waals surface area contributed by atoms with Crippen LogP contribution in [-0.4, -0.2) is 16.8 Å². The van der Waals surface area contributed by atoms with E-state index >= 15 is 0 Å². The summed E-state index contributed by atoms with van der Waals surface area (Å²) < 4.78 is 57.2. The molecule has 12 heteroatoms. The van der Waals surface area contributed by atoms with E-state index in [0.717, 1.165) is 6.07 Å². The first-order chi connectivity index (χ1) is 14.5. The fourth-order valence-corrected chi connectivity index (χ4v) is 5.65. The van der Waals surface area contributed by atoms with Crippen molar-refractivity contribution in [3.8, 4) is 11.5 Å². The molecule has 4 rings (SSSR count). The summed E-state index contributed by atoms with van der Waals surface area (Å²) in [5.74, 6) is 1.04. The highest BCUT2D eigenvalue weighted by Gasteiger charge is 2.32. The Morgan fingerprint density at radius 1 is 0.968 bits per heavy atom. The Kier molecular flexibility index (Phi) is 5.63. The predicted molar refractivity (Wildman–Crippen MR) is 117 cm³/mol. The van der Waals surface area contributed by atoms with Crippen molar-refractivity contribution in [1.82, 2.24) is 4.72 Å². The van der Waals surface area contributed by atoms with Crippen LogP contribution < -0.4 is 19.9 Å². The Bertz CT molecular complexity index is 1380. The van der Waals surface area contributed by atoms with E-state index in [1.54, 1.807) is 48.5 Å². The second-order valence-corrected chi connectivity index (χ2v) is 10.7. The summed E-state index contributed by atoms with van der Waals surface area (Å²) in [5, 5.41) is 8.50. The number of hydrogen-bond donors (Lipinski definition) is 3. The minimum Gasteiger partial charge on any atom is -0.457 e. The molecule has 4 N–H and O–H groups in total. The van der Waals surface area contributed by atoms with E-state index in [-0.39, 0.29) is 15.6 Å². The molecule has 0 amide bonds. The summed E-state index contributed by atoms with van der Waals surface area (Å²) in [7, 11) is -8.26. The zero-order chi connectivity index (χ0) is 22.4. The van der Waals surface area contributed by atoms with Crippen LogP contribution in [0.1, 0.15) is 11.7 Å². The molecule has 1 heterocycles. The number of primary sulfonamides is 1. The van der Waals surface area contributed by atoms with Crippen LogP contribution in [0.4, 0.5) is 5.69 Å². The number of hydrogen-bond acceptors (Lipinski definition) is 6. The van der Waals surface area contributed by atoms with Crippen LogP contribution in [0.15, 0.2) is 70.5 Å². The van der Waals surface area contributed by atoms with Gasteiger partial charge in [-0.2, -0.15) is 4.72 Å². The number of anilines is 1. The first-order valence-corrected chi connectivity index (χ1v) is 12.5. The van der Waals surface area contributed by atoms with Crippen molar-refractivity contribution in [2.45, 2.75) is 16.0 Å². The van der Waals surface area contributed by atoms with Crippen LogP contribution >= 0.6 is 23.2 Å². The van der Waals surface area contributed by atoms with Crippen molar-refractivity contribution < 1.29 is 21.6 Å². The van der Waals surface area contributed by atoms with Crippen molar-refractivity contribution in [2.24, 2.45) is 5.14 Å². The Balaban J connectivity index is 1.67. The molecule has 1 unspecified atom stereocenters. The van der Waals surface area contributed by atoms with Crippen LogP contribution in [0.3, 0.4) is 0 Å². The molecule has 1 aliphatic rings. The maximum absolute atomic E-state index is 12.8. The molecule has 0 saturated heterocycles.